The highest BCUT2D eigenvalue weighted by atomic mass is 35.5. The van der Waals surface area contributed by atoms with Gasteiger partial charge in [0, 0.05) is 16.1 Å². The lowest BCUT2D eigenvalue weighted by molar-refractivity contribution is 0.340. The molecule has 0 bridgehead atoms. The molecule has 1 N–H and O–H groups in total. The van der Waals surface area contributed by atoms with E-state index in [1.54, 1.807) is 10.9 Å². The molecule has 0 amide bonds. The Hall–Kier alpha value is -2.44. The van der Waals surface area contributed by atoms with E-state index in [0.29, 0.717) is 22.2 Å². The number of hydrogen-bond acceptors (Lipinski definition) is 4. The van der Waals surface area contributed by atoms with Crippen LogP contribution >= 0.6 is 23.8 Å². The number of benzene rings is 2. The SMILES string of the molecule is CCOc1ccc(-c2n[nH]c(=S)n2/N=C/c2ccccc2Cl)cc1. The van der Waals surface area contributed by atoms with Gasteiger partial charge in [0.2, 0.25) is 4.77 Å². The van der Waals surface area contributed by atoms with E-state index in [9.17, 15) is 0 Å². The molecule has 0 aliphatic rings. The van der Waals surface area contributed by atoms with Gasteiger partial charge in [0.25, 0.3) is 0 Å². The predicted octanol–water partition coefficient (Wildman–Crippen LogP) is 4.54. The molecule has 3 rings (SSSR count). The highest BCUT2D eigenvalue weighted by Gasteiger charge is 2.08. The number of nitrogens with zero attached hydrogens (tertiary/aromatic N) is 3. The lowest BCUT2D eigenvalue weighted by atomic mass is 10.2. The minimum absolute atomic E-state index is 0.405. The number of ether oxygens (including phenoxy) is 1. The first kappa shape index (κ1) is 16.4. The maximum absolute atomic E-state index is 6.14. The monoisotopic (exact) mass is 358 g/mol. The third-order valence-electron chi connectivity index (χ3n) is 3.29. The molecule has 1 heterocycles. The van der Waals surface area contributed by atoms with Crippen LogP contribution in [0.25, 0.3) is 11.4 Å². The number of aromatic nitrogens is 3. The van der Waals surface area contributed by atoms with Crippen LogP contribution in [0.4, 0.5) is 0 Å². The Balaban J connectivity index is 1.94. The van der Waals surface area contributed by atoms with Crippen LogP contribution in [0.5, 0.6) is 5.75 Å². The molecule has 0 unspecified atom stereocenters. The number of rotatable bonds is 5. The van der Waals surface area contributed by atoms with Gasteiger partial charge in [-0.25, -0.2) is 5.10 Å². The lowest BCUT2D eigenvalue weighted by Gasteiger charge is -2.04. The largest absolute Gasteiger partial charge is 0.494 e. The van der Waals surface area contributed by atoms with Crippen molar-refractivity contribution < 1.29 is 4.74 Å². The number of hydrogen-bond donors (Lipinski definition) is 1. The average molecular weight is 359 g/mol. The summed E-state index contributed by atoms with van der Waals surface area (Å²) in [6.07, 6.45) is 1.66. The van der Waals surface area contributed by atoms with Crippen LogP contribution in [0.1, 0.15) is 12.5 Å². The molecule has 0 saturated carbocycles. The number of nitrogens with one attached hydrogen (secondary N) is 1. The third kappa shape index (κ3) is 3.55. The molecule has 0 saturated heterocycles. The molecule has 122 valence electrons. The molecule has 0 aliphatic carbocycles. The summed E-state index contributed by atoms with van der Waals surface area (Å²) < 4.78 is 7.42. The second kappa shape index (κ2) is 7.42. The summed E-state index contributed by atoms with van der Waals surface area (Å²) in [6.45, 7) is 2.57. The predicted molar refractivity (Wildman–Crippen MR) is 98.5 cm³/mol. The fourth-order valence-corrected chi connectivity index (χ4v) is 2.52. The van der Waals surface area contributed by atoms with Gasteiger partial charge in [-0.05, 0) is 49.5 Å². The van der Waals surface area contributed by atoms with E-state index in [1.807, 2.05) is 55.5 Å². The molecule has 1 aromatic heterocycles. The van der Waals surface area contributed by atoms with Gasteiger partial charge in [-0.1, -0.05) is 29.8 Å². The van der Waals surface area contributed by atoms with Gasteiger partial charge in [0.1, 0.15) is 5.75 Å². The molecule has 5 nitrogen and oxygen atoms in total. The number of halogens is 1. The minimum Gasteiger partial charge on any atom is -0.494 e. The third-order valence-corrected chi connectivity index (χ3v) is 3.90. The summed E-state index contributed by atoms with van der Waals surface area (Å²) >= 11 is 11.4. The van der Waals surface area contributed by atoms with Crippen molar-refractivity contribution in [1.29, 1.82) is 0 Å². The van der Waals surface area contributed by atoms with Crippen molar-refractivity contribution in [1.82, 2.24) is 14.9 Å². The molecule has 3 aromatic rings. The molecule has 0 fully saturated rings. The fourth-order valence-electron chi connectivity index (χ4n) is 2.15. The Labute approximate surface area is 149 Å². The molecule has 24 heavy (non-hydrogen) atoms. The van der Waals surface area contributed by atoms with E-state index < -0.39 is 0 Å². The Morgan fingerprint density at radius 3 is 2.71 bits per heavy atom. The summed E-state index contributed by atoms with van der Waals surface area (Å²) in [4.78, 5) is 0. The molecule has 2 aromatic carbocycles. The van der Waals surface area contributed by atoms with Crippen LogP contribution in [-0.4, -0.2) is 27.7 Å². The van der Waals surface area contributed by atoms with E-state index >= 15 is 0 Å². The van der Waals surface area contributed by atoms with Crippen molar-refractivity contribution >= 4 is 30.0 Å². The molecule has 0 spiro atoms. The van der Waals surface area contributed by atoms with E-state index in [1.165, 1.54) is 0 Å². The van der Waals surface area contributed by atoms with Gasteiger partial charge in [0.15, 0.2) is 5.82 Å². The highest BCUT2D eigenvalue weighted by molar-refractivity contribution is 7.71. The van der Waals surface area contributed by atoms with Crippen molar-refractivity contribution in [2.45, 2.75) is 6.92 Å². The van der Waals surface area contributed by atoms with Gasteiger partial charge in [-0.3, -0.25) is 0 Å². The van der Waals surface area contributed by atoms with Gasteiger partial charge < -0.3 is 4.74 Å². The molecule has 0 atom stereocenters. The zero-order valence-corrected chi connectivity index (χ0v) is 14.5. The molecule has 7 heteroatoms. The normalized spacial score (nSPS) is 11.1. The van der Waals surface area contributed by atoms with Crippen molar-refractivity contribution in [3.63, 3.8) is 0 Å². The zero-order valence-electron chi connectivity index (χ0n) is 12.9. The molecular formula is C17H15ClN4OS. The van der Waals surface area contributed by atoms with Gasteiger partial charge in [-0.15, -0.1) is 0 Å². The Bertz CT molecular complexity index is 915. The van der Waals surface area contributed by atoms with Crippen LogP contribution < -0.4 is 4.74 Å². The lowest BCUT2D eigenvalue weighted by Crippen LogP contribution is -1.96. The first-order valence-corrected chi connectivity index (χ1v) is 8.17. The van der Waals surface area contributed by atoms with Gasteiger partial charge in [-0.2, -0.15) is 14.9 Å². The highest BCUT2D eigenvalue weighted by Crippen LogP contribution is 2.21. The number of aromatic amines is 1. The second-order valence-corrected chi connectivity index (χ2v) is 5.68. The maximum atomic E-state index is 6.14. The standard InChI is InChI=1S/C17H15ClN4OS/c1-2-23-14-9-7-12(8-10-14)16-20-21-17(24)22(16)19-11-13-5-3-4-6-15(13)18/h3-11H,2H2,1H3,(H,21,24)/b19-11+. The Morgan fingerprint density at radius 1 is 1.25 bits per heavy atom. The van der Waals surface area contributed by atoms with Gasteiger partial charge >= 0.3 is 0 Å². The number of H-pyrrole nitrogens is 1. The second-order valence-electron chi connectivity index (χ2n) is 4.89. The summed E-state index contributed by atoms with van der Waals surface area (Å²) in [6, 6.07) is 15.1. The smallest absolute Gasteiger partial charge is 0.216 e. The quantitative estimate of drug-likeness (QED) is 0.538. The molecule has 0 aliphatic heterocycles. The van der Waals surface area contributed by atoms with E-state index in [2.05, 4.69) is 15.3 Å². The van der Waals surface area contributed by atoms with Crippen molar-refractivity contribution in [3.8, 4) is 17.1 Å². The van der Waals surface area contributed by atoms with Crippen molar-refractivity contribution in [3.05, 3.63) is 63.9 Å². The van der Waals surface area contributed by atoms with Crippen molar-refractivity contribution in [2.75, 3.05) is 6.61 Å². The molecular weight excluding hydrogens is 344 g/mol. The van der Waals surface area contributed by atoms with Gasteiger partial charge in [0.05, 0.1) is 12.8 Å². The zero-order chi connectivity index (χ0) is 16.9. The average Bonchev–Trinajstić information content (AvgIpc) is 2.96. The summed E-state index contributed by atoms with van der Waals surface area (Å²) in [5, 5.41) is 12.1. The first-order chi connectivity index (χ1) is 11.7. The van der Waals surface area contributed by atoms with E-state index in [-0.39, 0.29) is 0 Å². The Kier molecular flexibility index (Phi) is 5.08. The van der Waals surface area contributed by atoms with Crippen LogP contribution in [-0.2, 0) is 0 Å². The Morgan fingerprint density at radius 2 is 2.00 bits per heavy atom. The maximum Gasteiger partial charge on any atom is 0.216 e. The van der Waals surface area contributed by atoms with Crippen LogP contribution in [0.15, 0.2) is 53.6 Å². The van der Waals surface area contributed by atoms with E-state index in [4.69, 9.17) is 28.6 Å². The summed E-state index contributed by atoms with van der Waals surface area (Å²) in [7, 11) is 0. The van der Waals surface area contributed by atoms with Crippen LogP contribution in [0.2, 0.25) is 5.02 Å². The topological polar surface area (TPSA) is 55.2 Å². The van der Waals surface area contributed by atoms with Crippen LogP contribution in [0.3, 0.4) is 0 Å². The first-order valence-electron chi connectivity index (χ1n) is 7.38. The summed E-state index contributed by atoms with van der Waals surface area (Å²) in [5.41, 5.74) is 1.68. The van der Waals surface area contributed by atoms with Crippen LogP contribution in [0, 0.1) is 4.77 Å². The molecule has 0 radical (unpaired) electrons. The van der Waals surface area contributed by atoms with E-state index in [0.717, 1.165) is 16.9 Å². The minimum atomic E-state index is 0.405. The van der Waals surface area contributed by atoms with Crippen molar-refractivity contribution in [2.24, 2.45) is 5.10 Å². The fraction of sp³-hybridized carbons (Fsp3) is 0.118. The summed E-state index contributed by atoms with van der Waals surface area (Å²) in [5.74, 6) is 1.42.